The Labute approximate surface area is 116 Å². The number of benzene rings is 1. The van der Waals surface area contributed by atoms with Crippen LogP contribution in [0.25, 0.3) is 0 Å². The number of ether oxygens (including phenoxy) is 1. The largest absolute Gasteiger partial charge is 0.399 e. The molecule has 0 aromatic heterocycles. The van der Waals surface area contributed by atoms with E-state index in [9.17, 15) is 0 Å². The van der Waals surface area contributed by atoms with E-state index in [1.807, 2.05) is 12.1 Å². The van der Waals surface area contributed by atoms with E-state index in [1.54, 1.807) is 6.08 Å². The van der Waals surface area contributed by atoms with Crippen LogP contribution in [-0.2, 0) is 11.3 Å². The molecule has 0 aliphatic carbocycles. The van der Waals surface area contributed by atoms with Gasteiger partial charge in [0.15, 0.2) is 0 Å². The van der Waals surface area contributed by atoms with E-state index < -0.39 is 0 Å². The fraction of sp³-hybridized carbons (Fsp3) is 0.467. The van der Waals surface area contributed by atoms with Crippen LogP contribution in [0.15, 0.2) is 30.9 Å². The molecular weight excluding hydrogens is 238 g/mol. The first-order valence-electron chi connectivity index (χ1n) is 6.47. The van der Waals surface area contributed by atoms with E-state index in [-0.39, 0.29) is 0 Å². The van der Waals surface area contributed by atoms with Crippen molar-refractivity contribution in [2.45, 2.75) is 6.61 Å². The van der Waals surface area contributed by atoms with Gasteiger partial charge in [0.05, 0.1) is 13.2 Å². The number of anilines is 2. The molecule has 0 unspecified atom stereocenters. The van der Waals surface area contributed by atoms with Crippen LogP contribution in [0.5, 0.6) is 0 Å². The van der Waals surface area contributed by atoms with E-state index in [2.05, 4.69) is 43.6 Å². The minimum Gasteiger partial charge on any atom is -0.399 e. The summed E-state index contributed by atoms with van der Waals surface area (Å²) in [5, 5.41) is 0. The van der Waals surface area contributed by atoms with Crippen molar-refractivity contribution in [3.05, 3.63) is 36.4 Å². The highest BCUT2D eigenvalue weighted by Gasteiger charge is 2.08. The fourth-order valence-electron chi connectivity index (χ4n) is 1.82. The van der Waals surface area contributed by atoms with Crippen molar-refractivity contribution in [1.82, 2.24) is 4.90 Å². The SMILES string of the molecule is C=CCOCc1cc(N)ccc1N(C)CCN(C)C. The Morgan fingerprint density at radius 1 is 1.26 bits per heavy atom. The van der Waals surface area contributed by atoms with Gasteiger partial charge in [0.2, 0.25) is 0 Å². The van der Waals surface area contributed by atoms with Crippen LogP contribution in [0.4, 0.5) is 11.4 Å². The fourth-order valence-corrected chi connectivity index (χ4v) is 1.82. The summed E-state index contributed by atoms with van der Waals surface area (Å²) < 4.78 is 5.53. The van der Waals surface area contributed by atoms with Crippen molar-refractivity contribution < 1.29 is 4.74 Å². The molecule has 1 aromatic carbocycles. The minimum atomic E-state index is 0.551. The highest BCUT2D eigenvalue weighted by atomic mass is 16.5. The summed E-state index contributed by atoms with van der Waals surface area (Å²) in [5.74, 6) is 0. The highest BCUT2D eigenvalue weighted by molar-refractivity contribution is 5.59. The van der Waals surface area contributed by atoms with Crippen LogP contribution >= 0.6 is 0 Å². The Morgan fingerprint density at radius 2 is 2.00 bits per heavy atom. The van der Waals surface area contributed by atoms with Gasteiger partial charge in [-0.05, 0) is 32.3 Å². The number of rotatable bonds is 8. The lowest BCUT2D eigenvalue weighted by molar-refractivity contribution is 0.149. The third-order valence-corrected chi connectivity index (χ3v) is 2.89. The number of nitrogens with two attached hydrogens (primary N) is 1. The third kappa shape index (κ3) is 5.32. The summed E-state index contributed by atoms with van der Waals surface area (Å²) in [6.45, 7) is 6.73. The van der Waals surface area contributed by atoms with Crippen LogP contribution in [-0.4, -0.2) is 45.7 Å². The zero-order chi connectivity index (χ0) is 14.3. The maximum absolute atomic E-state index is 5.85. The molecule has 0 aliphatic heterocycles. The summed E-state index contributed by atoms with van der Waals surface area (Å²) >= 11 is 0. The van der Waals surface area contributed by atoms with Crippen LogP contribution in [0.1, 0.15) is 5.56 Å². The van der Waals surface area contributed by atoms with E-state index >= 15 is 0 Å². The molecule has 4 nitrogen and oxygen atoms in total. The summed E-state index contributed by atoms with van der Waals surface area (Å²) in [4.78, 5) is 4.40. The first-order chi connectivity index (χ1) is 9.04. The standard InChI is InChI=1S/C15H25N3O/c1-5-10-19-12-13-11-14(16)6-7-15(13)18(4)9-8-17(2)3/h5-7,11H,1,8-10,12,16H2,2-4H3. The molecule has 106 valence electrons. The lowest BCUT2D eigenvalue weighted by atomic mass is 10.1. The van der Waals surface area contributed by atoms with Crippen LogP contribution in [0.2, 0.25) is 0 Å². The molecular formula is C15H25N3O. The molecule has 0 fully saturated rings. The van der Waals surface area contributed by atoms with E-state index in [0.29, 0.717) is 13.2 Å². The lowest BCUT2D eigenvalue weighted by Crippen LogP contribution is -2.29. The molecule has 0 saturated carbocycles. The molecule has 4 heteroatoms. The van der Waals surface area contributed by atoms with Crippen molar-refractivity contribution in [2.75, 3.05) is 51.5 Å². The second-order valence-corrected chi connectivity index (χ2v) is 4.92. The summed E-state index contributed by atoms with van der Waals surface area (Å²) in [6.07, 6.45) is 1.75. The Kier molecular flexibility index (Phi) is 6.39. The Morgan fingerprint density at radius 3 is 2.63 bits per heavy atom. The van der Waals surface area contributed by atoms with Crippen LogP contribution in [0, 0.1) is 0 Å². The summed E-state index contributed by atoms with van der Waals surface area (Å²) in [5.41, 5.74) is 8.90. The van der Waals surface area contributed by atoms with Gasteiger partial charge in [-0.3, -0.25) is 0 Å². The van der Waals surface area contributed by atoms with Gasteiger partial charge < -0.3 is 20.3 Å². The predicted molar refractivity (Wildman–Crippen MR) is 82.5 cm³/mol. The van der Waals surface area contributed by atoms with Gasteiger partial charge in [-0.25, -0.2) is 0 Å². The average molecular weight is 263 g/mol. The Hall–Kier alpha value is -1.52. The smallest absolute Gasteiger partial charge is 0.0742 e. The molecule has 0 amide bonds. The molecule has 1 aromatic rings. The number of hydrogen-bond donors (Lipinski definition) is 1. The molecule has 0 atom stereocenters. The minimum absolute atomic E-state index is 0.551. The maximum atomic E-state index is 5.85. The van der Waals surface area contributed by atoms with E-state index in [0.717, 1.165) is 24.3 Å². The van der Waals surface area contributed by atoms with Crippen LogP contribution < -0.4 is 10.6 Å². The third-order valence-electron chi connectivity index (χ3n) is 2.89. The molecule has 0 heterocycles. The van der Waals surface area contributed by atoms with Gasteiger partial charge in [0, 0.05) is 37.1 Å². The molecule has 0 radical (unpaired) electrons. The van der Waals surface area contributed by atoms with Gasteiger partial charge in [0.25, 0.3) is 0 Å². The van der Waals surface area contributed by atoms with Gasteiger partial charge in [-0.1, -0.05) is 6.08 Å². The highest BCUT2D eigenvalue weighted by Crippen LogP contribution is 2.23. The molecule has 2 N–H and O–H groups in total. The van der Waals surface area contributed by atoms with Crippen molar-refractivity contribution in [3.63, 3.8) is 0 Å². The topological polar surface area (TPSA) is 41.7 Å². The molecule has 0 spiro atoms. The number of hydrogen-bond acceptors (Lipinski definition) is 4. The summed E-state index contributed by atoms with van der Waals surface area (Å²) in [7, 11) is 6.24. The first kappa shape index (κ1) is 15.5. The first-order valence-corrected chi connectivity index (χ1v) is 6.47. The Bertz CT molecular complexity index is 404. The van der Waals surface area contributed by atoms with Crippen molar-refractivity contribution in [2.24, 2.45) is 0 Å². The molecule has 0 aliphatic rings. The van der Waals surface area contributed by atoms with Crippen molar-refractivity contribution in [3.8, 4) is 0 Å². The Balaban J connectivity index is 2.76. The van der Waals surface area contributed by atoms with E-state index in [4.69, 9.17) is 10.5 Å². The number of nitrogen functional groups attached to an aromatic ring is 1. The quantitative estimate of drug-likeness (QED) is 0.442. The predicted octanol–water partition coefficient (Wildman–Crippen LogP) is 1.97. The van der Waals surface area contributed by atoms with Gasteiger partial charge in [-0.15, -0.1) is 6.58 Å². The lowest BCUT2D eigenvalue weighted by Gasteiger charge is -2.24. The van der Waals surface area contributed by atoms with Crippen LogP contribution in [0.3, 0.4) is 0 Å². The number of nitrogens with zero attached hydrogens (tertiary/aromatic N) is 2. The van der Waals surface area contributed by atoms with Crippen molar-refractivity contribution in [1.29, 1.82) is 0 Å². The molecule has 19 heavy (non-hydrogen) atoms. The zero-order valence-corrected chi connectivity index (χ0v) is 12.2. The normalized spacial score (nSPS) is 10.7. The second-order valence-electron chi connectivity index (χ2n) is 4.92. The molecule has 0 saturated heterocycles. The van der Waals surface area contributed by atoms with E-state index in [1.165, 1.54) is 5.69 Å². The second kappa shape index (κ2) is 7.81. The molecule has 1 rings (SSSR count). The zero-order valence-electron chi connectivity index (χ0n) is 12.2. The maximum Gasteiger partial charge on any atom is 0.0742 e. The number of likely N-dealkylation sites (N-methyl/N-ethyl adjacent to an activating group) is 2. The van der Waals surface area contributed by atoms with Gasteiger partial charge in [-0.2, -0.15) is 0 Å². The summed E-state index contributed by atoms with van der Waals surface area (Å²) in [6, 6.07) is 5.96. The van der Waals surface area contributed by atoms with Crippen molar-refractivity contribution >= 4 is 11.4 Å². The van der Waals surface area contributed by atoms with Gasteiger partial charge in [0.1, 0.15) is 0 Å². The van der Waals surface area contributed by atoms with Gasteiger partial charge >= 0.3 is 0 Å². The average Bonchev–Trinajstić information content (AvgIpc) is 2.36. The molecule has 0 bridgehead atoms. The monoisotopic (exact) mass is 263 g/mol.